The number of ether oxygens (including phenoxy) is 1. The molecule has 0 aliphatic carbocycles. The standard InChI is InChI=1S/C12H23O5P/c1-5-7-12(8-6-2,9-18(14,15)16)17-11(13)10(3)4/h3,5-9H2,1-2,4H3,(H2,14,15,16). The molecule has 0 aromatic rings. The summed E-state index contributed by atoms with van der Waals surface area (Å²) in [5.74, 6) is -0.592. The summed E-state index contributed by atoms with van der Waals surface area (Å²) >= 11 is 0. The van der Waals surface area contributed by atoms with Crippen molar-refractivity contribution < 1.29 is 23.9 Å². The Morgan fingerprint density at radius 2 is 1.72 bits per heavy atom. The second-order valence-corrected chi connectivity index (χ2v) is 6.32. The van der Waals surface area contributed by atoms with Crippen LogP contribution in [0.2, 0.25) is 0 Å². The van der Waals surface area contributed by atoms with Gasteiger partial charge in [-0.2, -0.15) is 0 Å². The minimum absolute atomic E-state index is 0.234. The lowest BCUT2D eigenvalue weighted by Crippen LogP contribution is -2.39. The number of hydrogen-bond acceptors (Lipinski definition) is 3. The third-order valence-corrected chi connectivity index (χ3v) is 3.55. The molecule has 0 radical (unpaired) electrons. The fourth-order valence-electron chi connectivity index (χ4n) is 1.99. The van der Waals surface area contributed by atoms with Crippen molar-refractivity contribution in [1.82, 2.24) is 0 Å². The normalized spacial score (nSPS) is 12.3. The van der Waals surface area contributed by atoms with Gasteiger partial charge in [0.05, 0.1) is 6.16 Å². The third-order valence-electron chi connectivity index (χ3n) is 2.56. The number of esters is 1. The van der Waals surface area contributed by atoms with Crippen LogP contribution in [-0.4, -0.2) is 27.5 Å². The van der Waals surface area contributed by atoms with Crippen molar-refractivity contribution in [1.29, 1.82) is 0 Å². The Morgan fingerprint density at radius 1 is 1.28 bits per heavy atom. The molecule has 0 atom stereocenters. The second-order valence-electron chi connectivity index (χ2n) is 4.68. The molecule has 106 valence electrons. The Kier molecular flexibility index (Phi) is 6.82. The highest BCUT2D eigenvalue weighted by Gasteiger charge is 2.39. The highest BCUT2D eigenvalue weighted by Crippen LogP contribution is 2.43. The lowest BCUT2D eigenvalue weighted by atomic mass is 9.94. The molecule has 0 saturated heterocycles. The molecule has 6 heteroatoms. The average Bonchev–Trinajstić information content (AvgIpc) is 2.14. The zero-order chi connectivity index (χ0) is 14.4. The van der Waals surface area contributed by atoms with E-state index in [0.29, 0.717) is 25.7 Å². The van der Waals surface area contributed by atoms with E-state index in [1.807, 2.05) is 13.8 Å². The van der Waals surface area contributed by atoms with Gasteiger partial charge in [-0.3, -0.25) is 4.57 Å². The van der Waals surface area contributed by atoms with Crippen molar-refractivity contribution in [3.63, 3.8) is 0 Å². The van der Waals surface area contributed by atoms with E-state index in [1.165, 1.54) is 6.92 Å². The molecule has 5 nitrogen and oxygen atoms in total. The van der Waals surface area contributed by atoms with Crippen LogP contribution in [0.15, 0.2) is 12.2 Å². The Hall–Kier alpha value is -0.640. The molecular weight excluding hydrogens is 255 g/mol. The van der Waals surface area contributed by atoms with E-state index < -0.39 is 25.3 Å². The number of rotatable bonds is 8. The van der Waals surface area contributed by atoms with E-state index in [2.05, 4.69) is 6.58 Å². The maximum absolute atomic E-state index is 11.6. The summed E-state index contributed by atoms with van der Waals surface area (Å²) in [5.41, 5.74) is -0.851. The molecule has 0 bridgehead atoms. The van der Waals surface area contributed by atoms with Crippen LogP contribution in [0.25, 0.3) is 0 Å². The van der Waals surface area contributed by atoms with Gasteiger partial charge >= 0.3 is 13.6 Å². The van der Waals surface area contributed by atoms with Gasteiger partial charge in [0.15, 0.2) is 0 Å². The van der Waals surface area contributed by atoms with Gasteiger partial charge in [-0.1, -0.05) is 33.3 Å². The summed E-state index contributed by atoms with van der Waals surface area (Å²) in [6, 6.07) is 0. The van der Waals surface area contributed by atoms with Crippen molar-refractivity contribution in [3.05, 3.63) is 12.2 Å². The second kappa shape index (κ2) is 7.07. The van der Waals surface area contributed by atoms with Crippen molar-refractivity contribution in [2.24, 2.45) is 0 Å². The van der Waals surface area contributed by atoms with Crippen LogP contribution in [-0.2, 0) is 14.1 Å². The molecule has 0 rings (SSSR count). The van der Waals surface area contributed by atoms with Gasteiger partial charge in [-0.25, -0.2) is 4.79 Å². The zero-order valence-electron chi connectivity index (χ0n) is 11.3. The van der Waals surface area contributed by atoms with Crippen LogP contribution in [0.4, 0.5) is 0 Å². The molecule has 2 N–H and O–H groups in total. The molecule has 0 aliphatic rings. The first-order valence-corrected chi connectivity index (χ1v) is 7.89. The Labute approximate surface area is 108 Å². The molecule has 0 aromatic carbocycles. The molecule has 0 saturated carbocycles. The number of carbonyl (C=O) groups is 1. The Bertz CT molecular complexity index is 338. The van der Waals surface area contributed by atoms with Gasteiger partial charge in [-0.05, 0) is 19.8 Å². The molecule has 0 heterocycles. The van der Waals surface area contributed by atoms with Gasteiger partial charge in [0.25, 0.3) is 0 Å². The fourth-order valence-corrected chi connectivity index (χ4v) is 3.12. The molecule has 0 amide bonds. The molecule has 0 spiro atoms. The zero-order valence-corrected chi connectivity index (χ0v) is 12.2. The topological polar surface area (TPSA) is 83.8 Å². The lowest BCUT2D eigenvalue weighted by molar-refractivity contribution is -0.154. The maximum Gasteiger partial charge on any atom is 0.333 e. The summed E-state index contributed by atoms with van der Waals surface area (Å²) in [7, 11) is -4.24. The van der Waals surface area contributed by atoms with E-state index >= 15 is 0 Å². The molecule has 0 aliphatic heterocycles. The predicted molar refractivity (Wildman–Crippen MR) is 70.4 cm³/mol. The van der Waals surface area contributed by atoms with Gasteiger partial charge in [0.2, 0.25) is 0 Å². The van der Waals surface area contributed by atoms with Crippen LogP contribution < -0.4 is 0 Å². The maximum atomic E-state index is 11.6. The Morgan fingerprint density at radius 3 is 2.00 bits per heavy atom. The molecule has 0 aromatic heterocycles. The minimum atomic E-state index is -4.24. The van der Waals surface area contributed by atoms with Crippen LogP contribution in [0, 0.1) is 0 Å². The van der Waals surface area contributed by atoms with Gasteiger partial charge in [-0.15, -0.1) is 0 Å². The fraction of sp³-hybridized carbons (Fsp3) is 0.750. The van der Waals surface area contributed by atoms with E-state index in [1.54, 1.807) is 0 Å². The van der Waals surface area contributed by atoms with Crippen LogP contribution in [0.1, 0.15) is 46.5 Å². The molecule has 0 unspecified atom stereocenters. The van der Waals surface area contributed by atoms with Crippen molar-refractivity contribution >= 4 is 13.6 Å². The lowest BCUT2D eigenvalue weighted by Gasteiger charge is -2.33. The van der Waals surface area contributed by atoms with E-state index in [0.717, 1.165) is 0 Å². The summed E-state index contributed by atoms with van der Waals surface area (Å²) in [4.78, 5) is 29.9. The predicted octanol–water partition coefficient (Wildman–Crippen LogP) is 2.62. The molecule has 0 fully saturated rings. The third kappa shape index (κ3) is 6.34. The van der Waals surface area contributed by atoms with Gasteiger partial charge < -0.3 is 14.5 Å². The van der Waals surface area contributed by atoms with Crippen molar-refractivity contribution in [2.45, 2.75) is 52.1 Å². The minimum Gasteiger partial charge on any atom is -0.455 e. The summed E-state index contributed by atoms with van der Waals surface area (Å²) < 4.78 is 16.6. The SMILES string of the molecule is C=C(C)C(=O)OC(CCC)(CCC)CP(=O)(O)O. The average molecular weight is 278 g/mol. The monoisotopic (exact) mass is 278 g/mol. The first-order chi connectivity index (χ1) is 8.16. The van der Waals surface area contributed by atoms with Crippen molar-refractivity contribution in [2.75, 3.05) is 6.16 Å². The first-order valence-electron chi connectivity index (χ1n) is 6.09. The van der Waals surface area contributed by atoms with Crippen LogP contribution >= 0.6 is 7.60 Å². The number of carbonyl (C=O) groups excluding carboxylic acids is 1. The van der Waals surface area contributed by atoms with E-state index in [9.17, 15) is 9.36 Å². The molecule has 18 heavy (non-hydrogen) atoms. The molecular formula is C12H23O5P. The highest BCUT2D eigenvalue weighted by atomic mass is 31.2. The highest BCUT2D eigenvalue weighted by molar-refractivity contribution is 7.51. The summed E-state index contributed by atoms with van der Waals surface area (Å²) in [6.45, 7) is 8.78. The first kappa shape index (κ1) is 17.4. The summed E-state index contributed by atoms with van der Waals surface area (Å²) in [5, 5.41) is 0. The van der Waals surface area contributed by atoms with Crippen molar-refractivity contribution in [3.8, 4) is 0 Å². The van der Waals surface area contributed by atoms with E-state index in [4.69, 9.17) is 14.5 Å². The summed E-state index contributed by atoms with van der Waals surface area (Å²) in [6.07, 6.45) is 1.81. The van der Waals surface area contributed by atoms with Gasteiger partial charge in [0.1, 0.15) is 5.60 Å². The number of hydrogen-bond donors (Lipinski definition) is 2. The van der Waals surface area contributed by atoms with Crippen LogP contribution in [0.5, 0.6) is 0 Å². The smallest absolute Gasteiger partial charge is 0.333 e. The Balaban J connectivity index is 5.13. The van der Waals surface area contributed by atoms with Gasteiger partial charge in [0, 0.05) is 5.57 Å². The largest absolute Gasteiger partial charge is 0.455 e. The van der Waals surface area contributed by atoms with E-state index in [-0.39, 0.29) is 5.57 Å². The quantitative estimate of drug-likeness (QED) is 0.405. The van der Waals surface area contributed by atoms with Crippen LogP contribution in [0.3, 0.4) is 0 Å².